The van der Waals surface area contributed by atoms with Crippen LogP contribution < -0.4 is 4.74 Å². The zero-order valence-electron chi connectivity index (χ0n) is 10.0. The molecule has 6 heteroatoms. The minimum Gasteiger partial charge on any atom is -0.487 e. The maximum Gasteiger partial charge on any atom is 0.272 e. The first-order valence-corrected chi connectivity index (χ1v) is 5.36. The van der Waals surface area contributed by atoms with E-state index in [4.69, 9.17) is 9.26 Å². The van der Waals surface area contributed by atoms with Crippen LogP contribution in [0, 0.1) is 24.0 Å². The Kier molecular flexibility index (Phi) is 3.27. The van der Waals surface area contributed by atoms with Crippen LogP contribution in [-0.4, -0.2) is 10.1 Å². The van der Waals surface area contributed by atoms with Crippen LogP contribution in [0.2, 0.25) is 0 Å². The van der Waals surface area contributed by atoms with Crippen molar-refractivity contribution < 1.29 is 14.2 Å². The van der Waals surface area contributed by atoms with Gasteiger partial charge >= 0.3 is 0 Å². The fraction of sp³-hybridized carbons (Fsp3) is 0.250. The van der Waals surface area contributed by atoms with Crippen molar-refractivity contribution >= 4 is 5.69 Å². The summed E-state index contributed by atoms with van der Waals surface area (Å²) < 4.78 is 10.4. The van der Waals surface area contributed by atoms with E-state index in [0.717, 1.165) is 0 Å². The minimum absolute atomic E-state index is 0.0830. The Balaban J connectivity index is 2.06. The van der Waals surface area contributed by atoms with Crippen LogP contribution in [0.25, 0.3) is 0 Å². The van der Waals surface area contributed by atoms with E-state index in [1.807, 2.05) is 0 Å². The molecule has 2 aromatic rings. The van der Waals surface area contributed by atoms with Gasteiger partial charge in [-0.3, -0.25) is 10.1 Å². The van der Waals surface area contributed by atoms with Gasteiger partial charge in [-0.15, -0.1) is 0 Å². The van der Waals surface area contributed by atoms with Gasteiger partial charge in [0.05, 0.1) is 4.92 Å². The van der Waals surface area contributed by atoms with Crippen molar-refractivity contribution in [2.24, 2.45) is 0 Å². The first-order chi connectivity index (χ1) is 8.56. The van der Waals surface area contributed by atoms with Gasteiger partial charge in [0.25, 0.3) is 5.69 Å². The standard InChI is InChI=1S/C12H12N2O4/c1-8-5-11(3-4-12(8)14(15)16)17-7-10-6-9(2)18-13-10/h3-6H,7H2,1-2H3. The molecular formula is C12H12N2O4. The predicted molar refractivity (Wildman–Crippen MR) is 63.4 cm³/mol. The Hall–Kier alpha value is -2.37. The number of ether oxygens (including phenoxy) is 1. The normalized spacial score (nSPS) is 10.3. The fourth-order valence-electron chi connectivity index (χ4n) is 1.57. The van der Waals surface area contributed by atoms with Crippen LogP contribution >= 0.6 is 0 Å². The summed E-state index contributed by atoms with van der Waals surface area (Å²) in [4.78, 5) is 10.2. The molecule has 0 atom stereocenters. The summed E-state index contributed by atoms with van der Waals surface area (Å²) in [5.41, 5.74) is 1.33. The summed E-state index contributed by atoms with van der Waals surface area (Å²) in [7, 11) is 0. The van der Waals surface area contributed by atoms with Gasteiger partial charge in [-0.1, -0.05) is 5.16 Å². The molecule has 0 spiro atoms. The zero-order chi connectivity index (χ0) is 13.1. The third kappa shape index (κ3) is 2.65. The number of nitro benzene ring substituents is 1. The van der Waals surface area contributed by atoms with Crippen molar-refractivity contribution in [2.45, 2.75) is 20.5 Å². The van der Waals surface area contributed by atoms with Crippen LogP contribution in [-0.2, 0) is 6.61 Å². The van der Waals surface area contributed by atoms with E-state index in [1.54, 1.807) is 32.0 Å². The first-order valence-electron chi connectivity index (χ1n) is 5.36. The van der Waals surface area contributed by atoms with E-state index in [1.165, 1.54) is 6.07 Å². The Morgan fingerprint density at radius 3 is 2.72 bits per heavy atom. The SMILES string of the molecule is Cc1cc(COc2ccc([N+](=O)[O-])c(C)c2)no1. The largest absolute Gasteiger partial charge is 0.487 e. The van der Waals surface area contributed by atoms with Crippen molar-refractivity contribution in [2.75, 3.05) is 0 Å². The van der Waals surface area contributed by atoms with E-state index < -0.39 is 4.92 Å². The maximum absolute atomic E-state index is 10.7. The lowest BCUT2D eigenvalue weighted by molar-refractivity contribution is -0.385. The van der Waals surface area contributed by atoms with Crippen LogP contribution in [0.3, 0.4) is 0 Å². The number of aromatic nitrogens is 1. The lowest BCUT2D eigenvalue weighted by atomic mass is 10.2. The lowest BCUT2D eigenvalue weighted by Crippen LogP contribution is -1.97. The molecule has 0 fully saturated rings. The monoisotopic (exact) mass is 248 g/mol. The second-order valence-electron chi connectivity index (χ2n) is 3.92. The molecule has 1 heterocycles. The molecule has 0 aliphatic heterocycles. The van der Waals surface area contributed by atoms with Crippen molar-refractivity contribution in [1.29, 1.82) is 0 Å². The third-order valence-corrected chi connectivity index (χ3v) is 2.43. The average Bonchev–Trinajstić information content (AvgIpc) is 2.72. The quantitative estimate of drug-likeness (QED) is 0.614. The van der Waals surface area contributed by atoms with Gasteiger partial charge in [-0.05, 0) is 26.0 Å². The molecule has 6 nitrogen and oxygen atoms in total. The van der Waals surface area contributed by atoms with E-state index in [9.17, 15) is 10.1 Å². The third-order valence-electron chi connectivity index (χ3n) is 2.43. The highest BCUT2D eigenvalue weighted by Crippen LogP contribution is 2.23. The molecule has 0 saturated carbocycles. The molecular weight excluding hydrogens is 236 g/mol. The summed E-state index contributed by atoms with van der Waals surface area (Å²) in [5.74, 6) is 1.28. The van der Waals surface area contributed by atoms with Gasteiger partial charge in [0.2, 0.25) is 0 Å². The fourth-order valence-corrected chi connectivity index (χ4v) is 1.57. The Morgan fingerprint density at radius 2 is 2.17 bits per heavy atom. The lowest BCUT2D eigenvalue weighted by Gasteiger charge is -2.04. The molecule has 0 aliphatic carbocycles. The van der Waals surface area contributed by atoms with Crippen molar-refractivity contribution in [3.63, 3.8) is 0 Å². The minimum atomic E-state index is -0.417. The summed E-state index contributed by atoms with van der Waals surface area (Å²) >= 11 is 0. The van der Waals surface area contributed by atoms with E-state index >= 15 is 0 Å². The van der Waals surface area contributed by atoms with Crippen LogP contribution in [0.4, 0.5) is 5.69 Å². The van der Waals surface area contributed by atoms with Crippen molar-refractivity contribution in [1.82, 2.24) is 5.16 Å². The molecule has 1 aromatic carbocycles. The number of nitrogens with zero attached hydrogens (tertiary/aromatic N) is 2. The summed E-state index contributed by atoms with van der Waals surface area (Å²) in [6, 6.07) is 6.40. The molecule has 0 aliphatic rings. The van der Waals surface area contributed by atoms with Crippen LogP contribution in [0.15, 0.2) is 28.8 Å². The van der Waals surface area contributed by atoms with Gasteiger partial charge in [-0.2, -0.15) is 0 Å². The van der Waals surface area contributed by atoms with Gasteiger partial charge in [0.15, 0.2) is 0 Å². The highest BCUT2D eigenvalue weighted by Gasteiger charge is 2.11. The Bertz CT molecular complexity index is 577. The number of hydrogen-bond acceptors (Lipinski definition) is 5. The highest BCUT2D eigenvalue weighted by molar-refractivity contribution is 5.44. The van der Waals surface area contributed by atoms with E-state index in [2.05, 4.69) is 5.16 Å². The smallest absolute Gasteiger partial charge is 0.272 e. The molecule has 0 N–H and O–H groups in total. The Labute approximate surface area is 103 Å². The number of aryl methyl sites for hydroxylation is 2. The Morgan fingerprint density at radius 1 is 1.39 bits per heavy atom. The number of nitro groups is 1. The topological polar surface area (TPSA) is 78.4 Å². The average molecular weight is 248 g/mol. The van der Waals surface area contributed by atoms with Crippen molar-refractivity contribution in [3.05, 3.63) is 51.4 Å². The van der Waals surface area contributed by atoms with Crippen LogP contribution in [0.5, 0.6) is 5.75 Å². The molecule has 0 bridgehead atoms. The molecule has 0 unspecified atom stereocenters. The van der Waals surface area contributed by atoms with Gasteiger partial charge in [0.1, 0.15) is 23.8 Å². The number of rotatable bonds is 4. The van der Waals surface area contributed by atoms with Gasteiger partial charge in [0, 0.05) is 17.7 Å². The number of benzene rings is 1. The second kappa shape index (κ2) is 4.87. The molecule has 1 aromatic heterocycles. The van der Waals surface area contributed by atoms with Gasteiger partial charge in [-0.25, -0.2) is 0 Å². The summed E-state index contributed by atoms with van der Waals surface area (Å²) in [6.45, 7) is 3.74. The molecule has 0 saturated heterocycles. The van der Waals surface area contributed by atoms with E-state index in [-0.39, 0.29) is 12.3 Å². The van der Waals surface area contributed by atoms with Crippen molar-refractivity contribution in [3.8, 4) is 5.75 Å². The highest BCUT2D eigenvalue weighted by atomic mass is 16.6. The van der Waals surface area contributed by atoms with E-state index in [0.29, 0.717) is 22.8 Å². The molecule has 18 heavy (non-hydrogen) atoms. The summed E-state index contributed by atoms with van der Waals surface area (Å²) in [6.07, 6.45) is 0. The molecule has 2 rings (SSSR count). The first kappa shape index (κ1) is 12.1. The molecule has 0 radical (unpaired) electrons. The maximum atomic E-state index is 10.7. The van der Waals surface area contributed by atoms with Crippen LogP contribution in [0.1, 0.15) is 17.0 Å². The van der Waals surface area contributed by atoms with Gasteiger partial charge < -0.3 is 9.26 Å². The second-order valence-corrected chi connectivity index (χ2v) is 3.92. The molecule has 94 valence electrons. The molecule has 0 amide bonds. The number of hydrogen-bond donors (Lipinski definition) is 0. The zero-order valence-corrected chi connectivity index (χ0v) is 10.0. The predicted octanol–water partition coefficient (Wildman–Crippen LogP) is 2.78. The summed E-state index contributed by atoms with van der Waals surface area (Å²) in [5, 5.41) is 14.4.